The van der Waals surface area contributed by atoms with Crippen LogP contribution in [-0.2, 0) is 14.8 Å². The van der Waals surface area contributed by atoms with Gasteiger partial charge in [-0.3, -0.25) is 9.52 Å². The zero-order valence-electron chi connectivity index (χ0n) is 17.4. The summed E-state index contributed by atoms with van der Waals surface area (Å²) >= 11 is 5.82. The largest absolute Gasteiger partial charge is 0.484 e. The Hall–Kier alpha value is -3.03. The van der Waals surface area contributed by atoms with Crippen molar-refractivity contribution in [1.29, 1.82) is 0 Å². The van der Waals surface area contributed by atoms with Crippen molar-refractivity contribution in [1.82, 2.24) is 0 Å². The monoisotopic (exact) mass is 458 g/mol. The third kappa shape index (κ3) is 5.99. The second kappa shape index (κ2) is 9.41. The number of sulfonamides is 1. The van der Waals surface area contributed by atoms with Gasteiger partial charge in [0.2, 0.25) is 0 Å². The number of halogens is 1. The molecule has 0 aliphatic carbocycles. The fraction of sp³-hybridized carbons (Fsp3) is 0.174. The maximum absolute atomic E-state index is 12.5. The first-order chi connectivity index (χ1) is 14.6. The smallest absolute Gasteiger partial charge is 0.262 e. The molecule has 8 heteroatoms. The Kier molecular flexibility index (Phi) is 6.87. The van der Waals surface area contributed by atoms with Crippen molar-refractivity contribution in [2.24, 2.45) is 0 Å². The molecule has 0 aliphatic rings. The van der Waals surface area contributed by atoms with Gasteiger partial charge in [0.1, 0.15) is 5.75 Å². The van der Waals surface area contributed by atoms with E-state index in [1.807, 2.05) is 32.9 Å². The fourth-order valence-electron chi connectivity index (χ4n) is 3.15. The summed E-state index contributed by atoms with van der Waals surface area (Å²) in [5.41, 5.74) is 4.27. The minimum absolute atomic E-state index is 0.0742. The molecule has 0 bridgehead atoms. The Bertz CT molecular complexity index is 1170. The molecule has 31 heavy (non-hydrogen) atoms. The van der Waals surface area contributed by atoms with E-state index in [0.717, 1.165) is 22.4 Å². The predicted molar refractivity (Wildman–Crippen MR) is 123 cm³/mol. The molecule has 0 saturated heterocycles. The molecule has 0 aliphatic heterocycles. The van der Waals surface area contributed by atoms with Crippen molar-refractivity contribution in [2.75, 3.05) is 16.6 Å². The van der Waals surface area contributed by atoms with Crippen LogP contribution in [0.3, 0.4) is 0 Å². The van der Waals surface area contributed by atoms with Gasteiger partial charge >= 0.3 is 0 Å². The highest BCUT2D eigenvalue weighted by molar-refractivity contribution is 7.92. The number of rotatable bonds is 7. The maximum Gasteiger partial charge on any atom is 0.262 e. The Labute approximate surface area is 187 Å². The summed E-state index contributed by atoms with van der Waals surface area (Å²) in [5.74, 6) is 0.0918. The molecular formula is C23H23ClN2O4S. The third-order valence-corrected chi connectivity index (χ3v) is 6.19. The molecule has 0 radical (unpaired) electrons. The van der Waals surface area contributed by atoms with Crippen LogP contribution in [0.2, 0.25) is 5.02 Å². The topological polar surface area (TPSA) is 84.5 Å². The van der Waals surface area contributed by atoms with Crippen LogP contribution < -0.4 is 14.8 Å². The molecule has 6 nitrogen and oxygen atoms in total. The van der Waals surface area contributed by atoms with Crippen LogP contribution in [0, 0.1) is 20.8 Å². The van der Waals surface area contributed by atoms with Crippen molar-refractivity contribution in [3.63, 3.8) is 0 Å². The number of anilines is 2. The first-order valence-electron chi connectivity index (χ1n) is 9.53. The molecular weight excluding hydrogens is 436 g/mol. The van der Waals surface area contributed by atoms with E-state index in [1.54, 1.807) is 24.3 Å². The van der Waals surface area contributed by atoms with Gasteiger partial charge in [0.15, 0.2) is 6.61 Å². The summed E-state index contributed by atoms with van der Waals surface area (Å²) in [4.78, 5) is 12.4. The lowest BCUT2D eigenvalue weighted by Gasteiger charge is -2.13. The minimum atomic E-state index is -3.76. The average molecular weight is 459 g/mol. The van der Waals surface area contributed by atoms with E-state index < -0.39 is 10.0 Å². The first kappa shape index (κ1) is 22.7. The van der Waals surface area contributed by atoms with Crippen LogP contribution in [0.5, 0.6) is 5.75 Å². The van der Waals surface area contributed by atoms with Crippen molar-refractivity contribution in [3.05, 3.63) is 82.4 Å². The van der Waals surface area contributed by atoms with Gasteiger partial charge in [-0.05, 0) is 80.4 Å². The summed E-state index contributed by atoms with van der Waals surface area (Å²) < 4.78 is 33.0. The number of hydrogen-bond acceptors (Lipinski definition) is 4. The SMILES string of the molecule is Cc1cc(C)c(NC(=O)COc2ccc(S(=O)(=O)Nc3ccc(Cl)cc3)cc2)c(C)c1. The lowest BCUT2D eigenvalue weighted by atomic mass is 10.1. The molecule has 0 saturated carbocycles. The van der Waals surface area contributed by atoms with Gasteiger partial charge in [-0.25, -0.2) is 8.42 Å². The first-order valence-corrected chi connectivity index (χ1v) is 11.4. The molecule has 2 N–H and O–H groups in total. The zero-order valence-corrected chi connectivity index (χ0v) is 19.0. The number of nitrogens with one attached hydrogen (secondary N) is 2. The van der Waals surface area contributed by atoms with E-state index in [0.29, 0.717) is 16.5 Å². The lowest BCUT2D eigenvalue weighted by molar-refractivity contribution is -0.118. The zero-order chi connectivity index (χ0) is 22.6. The molecule has 0 fully saturated rings. The van der Waals surface area contributed by atoms with E-state index in [9.17, 15) is 13.2 Å². The lowest BCUT2D eigenvalue weighted by Crippen LogP contribution is -2.21. The Morgan fingerprint density at radius 2 is 1.52 bits per heavy atom. The van der Waals surface area contributed by atoms with Crippen LogP contribution in [0.15, 0.2) is 65.6 Å². The number of hydrogen-bond donors (Lipinski definition) is 2. The molecule has 0 atom stereocenters. The third-order valence-electron chi connectivity index (χ3n) is 4.54. The Morgan fingerprint density at radius 3 is 2.10 bits per heavy atom. The van der Waals surface area contributed by atoms with E-state index in [-0.39, 0.29) is 17.4 Å². The second-order valence-corrected chi connectivity index (χ2v) is 9.31. The number of carbonyl (C=O) groups is 1. The molecule has 0 heterocycles. The molecule has 0 unspecified atom stereocenters. The van der Waals surface area contributed by atoms with Crippen LogP contribution >= 0.6 is 11.6 Å². The fourth-order valence-corrected chi connectivity index (χ4v) is 4.33. The molecule has 1 amide bonds. The van der Waals surface area contributed by atoms with E-state index in [1.165, 1.54) is 24.3 Å². The van der Waals surface area contributed by atoms with Gasteiger partial charge in [-0.1, -0.05) is 29.3 Å². The van der Waals surface area contributed by atoms with Crippen molar-refractivity contribution >= 4 is 38.9 Å². The normalized spacial score (nSPS) is 11.1. The van der Waals surface area contributed by atoms with Gasteiger partial charge in [-0.15, -0.1) is 0 Å². The summed E-state index contributed by atoms with van der Waals surface area (Å²) in [7, 11) is -3.76. The van der Waals surface area contributed by atoms with Crippen LogP contribution in [0.1, 0.15) is 16.7 Å². The molecule has 3 rings (SSSR count). The Balaban J connectivity index is 1.60. The van der Waals surface area contributed by atoms with Crippen molar-refractivity contribution < 1.29 is 17.9 Å². The summed E-state index contributed by atoms with van der Waals surface area (Å²) in [5, 5.41) is 3.38. The average Bonchev–Trinajstić information content (AvgIpc) is 2.71. The van der Waals surface area contributed by atoms with Gasteiger partial charge in [0, 0.05) is 16.4 Å². The standard InChI is InChI=1S/C23H23ClN2O4S/c1-15-12-16(2)23(17(3)13-15)25-22(27)14-30-20-8-10-21(11-9-20)31(28,29)26-19-6-4-18(24)5-7-19/h4-13,26H,14H2,1-3H3,(H,25,27). The predicted octanol–water partition coefficient (Wildman–Crippen LogP) is 5.08. The second-order valence-electron chi connectivity index (χ2n) is 7.19. The molecule has 162 valence electrons. The summed E-state index contributed by atoms with van der Waals surface area (Å²) in [6.45, 7) is 5.69. The minimum Gasteiger partial charge on any atom is -0.484 e. The molecule has 0 aromatic heterocycles. The summed E-state index contributed by atoms with van der Waals surface area (Å²) in [6, 6.07) is 16.2. The highest BCUT2D eigenvalue weighted by Gasteiger charge is 2.15. The van der Waals surface area contributed by atoms with Crippen LogP contribution in [0.25, 0.3) is 0 Å². The van der Waals surface area contributed by atoms with Crippen LogP contribution in [0.4, 0.5) is 11.4 Å². The maximum atomic E-state index is 12.5. The number of carbonyl (C=O) groups excluding carboxylic acids is 1. The van der Waals surface area contributed by atoms with E-state index >= 15 is 0 Å². The molecule has 3 aromatic carbocycles. The number of benzene rings is 3. The highest BCUT2D eigenvalue weighted by Crippen LogP contribution is 2.23. The van der Waals surface area contributed by atoms with Gasteiger partial charge < -0.3 is 10.1 Å². The number of amides is 1. The highest BCUT2D eigenvalue weighted by atomic mass is 35.5. The van der Waals surface area contributed by atoms with Gasteiger partial charge in [0.25, 0.3) is 15.9 Å². The number of ether oxygens (including phenoxy) is 1. The van der Waals surface area contributed by atoms with Crippen LogP contribution in [-0.4, -0.2) is 20.9 Å². The van der Waals surface area contributed by atoms with Crippen molar-refractivity contribution in [3.8, 4) is 5.75 Å². The van der Waals surface area contributed by atoms with Crippen molar-refractivity contribution in [2.45, 2.75) is 25.7 Å². The van der Waals surface area contributed by atoms with Gasteiger partial charge in [0.05, 0.1) is 4.90 Å². The molecule has 0 spiro atoms. The Morgan fingerprint density at radius 1 is 0.935 bits per heavy atom. The molecule has 3 aromatic rings. The quantitative estimate of drug-likeness (QED) is 0.516. The van der Waals surface area contributed by atoms with Gasteiger partial charge in [-0.2, -0.15) is 0 Å². The number of aryl methyl sites for hydroxylation is 3. The van der Waals surface area contributed by atoms with E-state index in [2.05, 4.69) is 10.0 Å². The van der Waals surface area contributed by atoms with E-state index in [4.69, 9.17) is 16.3 Å². The summed E-state index contributed by atoms with van der Waals surface area (Å²) in [6.07, 6.45) is 0.